The third-order valence-electron chi connectivity index (χ3n) is 2.28. The van der Waals surface area contributed by atoms with Crippen molar-refractivity contribution < 1.29 is 27.2 Å². The molecule has 92 valence electrons. The standard InChI is InChI=1S/C8H10F4N2O2/c1-4-6(16)13-2-5(15)14(4)3-8(11,12)7(9)10/h4,7H,2-3H2,1H3,(H,13,16). The van der Waals surface area contributed by atoms with E-state index >= 15 is 0 Å². The minimum absolute atomic E-state index is 0.442. The summed E-state index contributed by atoms with van der Waals surface area (Å²) in [6.45, 7) is -0.686. The summed E-state index contributed by atoms with van der Waals surface area (Å²) in [6, 6.07) is -1.16. The van der Waals surface area contributed by atoms with E-state index in [9.17, 15) is 27.2 Å². The number of hydrogen-bond donors (Lipinski definition) is 1. The Morgan fingerprint density at radius 2 is 2.06 bits per heavy atom. The molecule has 1 fully saturated rings. The fourth-order valence-electron chi connectivity index (χ4n) is 1.29. The van der Waals surface area contributed by atoms with Crippen LogP contribution in [-0.4, -0.2) is 48.2 Å². The predicted molar refractivity (Wildman–Crippen MR) is 45.1 cm³/mol. The van der Waals surface area contributed by atoms with Crippen molar-refractivity contribution in [3.8, 4) is 0 Å². The van der Waals surface area contributed by atoms with E-state index in [1.54, 1.807) is 0 Å². The van der Waals surface area contributed by atoms with Gasteiger partial charge in [0.1, 0.15) is 6.04 Å². The van der Waals surface area contributed by atoms with E-state index in [4.69, 9.17) is 0 Å². The van der Waals surface area contributed by atoms with Crippen LogP contribution in [0.4, 0.5) is 17.6 Å². The Hall–Kier alpha value is -1.34. The van der Waals surface area contributed by atoms with Crippen molar-refractivity contribution >= 4 is 11.8 Å². The van der Waals surface area contributed by atoms with Gasteiger partial charge in [0.25, 0.3) is 0 Å². The first-order chi connectivity index (χ1) is 7.25. The van der Waals surface area contributed by atoms with Crippen LogP contribution in [0.5, 0.6) is 0 Å². The Morgan fingerprint density at radius 3 is 2.56 bits per heavy atom. The van der Waals surface area contributed by atoms with Crippen LogP contribution in [-0.2, 0) is 9.59 Å². The molecule has 1 unspecified atom stereocenters. The average molecular weight is 242 g/mol. The highest BCUT2D eigenvalue weighted by Crippen LogP contribution is 2.25. The molecule has 1 aliphatic heterocycles. The molecule has 4 nitrogen and oxygen atoms in total. The molecule has 1 saturated heterocycles. The van der Waals surface area contributed by atoms with Gasteiger partial charge in [-0.15, -0.1) is 0 Å². The molecule has 0 aromatic carbocycles. The Bertz CT molecular complexity index is 308. The highest BCUT2D eigenvalue weighted by Gasteiger charge is 2.46. The van der Waals surface area contributed by atoms with E-state index in [-0.39, 0.29) is 0 Å². The van der Waals surface area contributed by atoms with Crippen LogP contribution >= 0.6 is 0 Å². The molecule has 0 aliphatic carbocycles. The van der Waals surface area contributed by atoms with Gasteiger partial charge in [-0.3, -0.25) is 9.59 Å². The van der Waals surface area contributed by atoms with Crippen LogP contribution in [0.15, 0.2) is 0 Å². The van der Waals surface area contributed by atoms with E-state index < -0.39 is 43.3 Å². The molecule has 1 atom stereocenters. The SMILES string of the molecule is CC1C(=O)NCC(=O)N1CC(F)(F)C(F)F. The lowest BCUT2D eigenvalue weighted by atomic mass is 10.1. The molecule has 1 heterocycles. The van der Waals surface area contributed by atoms with Crippen molar-refractivity contribution in [3.63, 3.8) is 0 Å². The van der Waals surface area contributed by atoms with Crippen LogP contribution in [0.3, 0.4) is 0 Å². The van der Waals surface area contributed by atoms with Gasteiger partial charge in [0.15, 0.2) is 0 Å². The number of amides is 2. The molecule has 0 bridgehead atoms. The fraction of sp³-hybridized carbons (Fsp3) is 0.750. The maximum absolute atomic E-state index is 12.7. The number of piperazine rings is 1. The number of nitrogens with zero attached hydrogens (tertiary/aromatic N) is 1. The molecule has 0 spiro atoms. The molecule has 1 rings (SSSR count). The van der Waals surface area contributed by atoms with E-state index in [1.807, 2.05) is 0 Å². The fourth-order valence-corrected chi connectivity index (χ4v) is 1.29. The molecule has 0 radical (unpaired) electrons. The largest absolute Gasteiger partial charge is 0.345 e. The van der Waals surface area contributed by atoms with E-state index in [1.165, 1.54) is 6.92 Å². The summed E-state index contributed by atoms with van der Waals surface area (Å²) in [7, 11) is 0. The number of nitrogens with one attached hydrogen (secondary N) is 1. The summed E-state index contributed by atoms with van der Waals surface area (Å²) < 4.78 is 49.3. The molecular weight excluding hydrogens is 232 g/mol. The van der Waals surface area contributed by atoms with Crippen molar-refractivity contribution in [1.29, 1.82) is 0 Å². The number of alkyl halides is 4. The quantitative estimate of drug-likeness (QED) is 0.720. The Kier molecular flexibility index (Phi) is 3.39. The third-order valence-corrected chi connectivity index (χ3v) is 2.28. The third kappa shape index (κ3) is 2.42. The first-order valence-corrected chi connectivity index (χ1v) is 4.49. The molecule has 1 aliphatic rings. The Balaban J connectivity index is 2.78. The van der Waals surface area contributed by atoms with E-state index in [0.717, 1.165) is 0 Å². The van der Waals surface area contributed by atoms with Crippen LogP contribution < -0.4 is 5.32 Å². The zero-order valence-corrected chi connectivity index (χ0v) is 8.34. The lowest BCUT2D eigenvalue weighted by Crippen LogP contribution is -2.60. The molecule has 0 aromatic heterocycles. The summed E-state index contributed by atoms with van der Waals surface area (Å²) in [5.41, 5.74) is 0. The zero-order valence-electron chi connectivity index (χ0n) is 8.34. The van der Waals surface area contributed by atoms with E-state index in [0.29, 0.717) is 4.90 Å². The van der Waals surface area contributed by atoms with Crippen molar-refractivity contribution in [3.05, 3.63) is 0 Å². The number of carbonyl (C=O) groups is 2. The Labute approximate surface area is 88.6 Å². The van der Waals surface area contributed by atoms with Crippen LogP contribution in [0.1, 0.15) is 6.92 Å². The van der Waals surface area contributed by atoms with Gasteiger partial charge in [-0.2, -0.15) is 8.78 Å². The van der Waals surface area contributed by atoms with Gasteiger partial charge in [0.05, 0.1) is 13.1 Å². The van der Waals surface area contributed by atoms with Crippen LogP contribution in [0.2, 0.25) is 0 Å². The first-order valence-electron chi connectivity index (χ1n) is 4.49. The maximum atomic E-state index is 12.7. The summed E-state index contributed by atoms with van der Waals surface area (Å²) >= 11 is 0. The number of carbonyl (C=O) groups excluding carboxylic acids is 2. The summed E-state index contributed by atoms with van der Waals surface area (Å²) in [5.74, 6) is -5.74. The molecular formula is C8H10F4N2O2. The molecule has 2 amide bonds. The predicted octanol–water partition coefficient (Wildman–Crippen LogP) is 0.234. The maximum Gasteiger partial charge on any atom is 0.324 e. The molecule has 0 aromatic rings. The minimum atomic E-state index is -4.30. The van der Waals surface area contributed by atoms with Crippen molar-refractivity contribution in [1.82, 2.24) is 10.2 Å². The first kappa shape index (κ1) is 12.7. The molecule has 16 heavy (non-hydrogen) atoms. The minimum Gasteiger partial charge on any atom is -0.345 e. The second kappa shape index (κ2) is 4.26. The van der Waals surface area contributed by atoms with Gasteiger partial charge in [-0.1, -0.05) is 0 Å². The average Bonchev–Trinajstić information content (AvgIpc) is 2.18. The number of rotatable bonds is 3. The summed E-state index contributed by atoms with van der Waals surface area (Å²) in [4.78, 5) is 22.7. The molecule has 1 N–H and O–H groups in total. The van der Waals surface area contributed by atoms with Gasteiger partial charge in [0.2, 0.25) is 11.8 Å². The summed E-state index contributed by atoms with van der Waals surface area (Å²) in [6.07, 6.45) is -3.86. The van der Waals surface area contributed by atoms with Gasteiger partial charge in [0, 0.05) is 0 Å². The van der Waals surface area contributed by atoms with Crippen molar-refractivity contribution in [2.45, 2.75) is 25.3 Å². The lowest BCUT2D eigenvalue weighted by molar-refractivity contribution is -0.166. The number of hydrogen-bond acceptors (Lipinski definition) is 2. The second-order valence-corrected chi connectivity index (χ2v) is 3.48. The molecule has 0 saturated carbocycles. The van der Waals surface area contributed by atoms with Crippen LogP contribution in [0.25, 0.3) is 0 Å². The zero-order chi connectivity index (χ0) is 12.5. The topological polar surface area (TPSA) is 49.4 Å². The second-order valence-electron chi connectivity index (χ2n) is 3.48. The smallest absolute Gasteiger partial charge is 0.324 e. The monoisotopic (exact) mass is 242 g/mol. The van der Waals surface area contributed by atoms with E-state index in [2.05, 4.69) is 5.32 Å². The van der Waals surface area contributed by atoms with Gasteiger partial charge >= 0.3 is 12.3 Å². The van der Waals surface area contributed by atoms with Gasteiger partial charge < -0.3 is 10.2 Å². The van der Waals surface area contributed by atoms with Crippen molar-refractivity contribution in [2.75, 3.05) is 13.1 Å². The highest BCUT2D eigenvalue weighted by atomic mass is 19.3. The van der Waals surface area contributed by atoms with Gasteiger partial charge in [-0.05, 0) is 6.92 Å². The lowest BCUT2D eigenvalue weighted by Gasteiger charge is -2.34. The van der Waals surface area contributed by atoms with Gasteiger partial charge in [-0.25, -0.2) is 8.78 Å². The van der Waals surface area contributed by atoms with Crippen LogP contribution in [0, 0.1) is 0 Å². The number of halogens is 4. The highest BCUT2D eigenvalue weighted by molar-refractivity contribution is 5.94. The summed E-state index contributed by atoms with van der Waals surface area (Å²) in [5, 5.41) is 2.16. The normalized spacial score (nSPS) is 22.6. The Morgan fingerprint density at radius 1 is 1.50 bits per heavy atom. The molecule has 8 heteroatoms. The van der Waals surface area contributed by atoms with Crippen molar-refractivity contribution in [2.24, 2.45) is 0 Å².